The van der Waals surface area contributed by atoms with Crippen molar-refractivity contribution in [3.05, 3.63) is 54.1 Å². The monoisotopic (exact) mass is 448 g/mol. The summed E-state index contributed by atoms with van der Waals surface area (Å²) >= 11 is 0. The number of amides is 1. The lowest BCUT2D eigenvalue weighted by molar-refractivity contribution is -0.116. The van der Waals surface area contributed by atoms with Crippen LogP contribution in [0.5, 0.6) is 0 Å². The van der Waals surface area contributed by atoms with Crippen LogP contribution >= 0.6 is 0 Å². The van der Waals surface area contributed by atoms with E-state index in [0.717, 1.165) is 12.8 Å². The molecule has 3 N–H and O–H groups in total. The molecule has 1 saturated carbocycles. The molecule has 0 spiro atoms. The van der Waals surface area contributed by atoms with Crippen LogP contribution in [0.15, 0.2) is 63.3 Å². The molecule has 0 saturated heterocycles. The van der Waals surface area contributed by atoms with Gasteiger partial charge in [-0.25, -0.2) is 21.6 Å². The van der Waals surface area contributed by atoms with Crippen LogP contribution in [0.1, 0.15) is 24.8 Å². The fraction of sp³-hybridized carbons (Fsp3) is 0.263. The van der Waals surface area contributed by atoms with E-state index in [2.05, 4.69) is 19.8 Å². The van der Waals surface area contributed by atoms with Crippen LogP contribution in [0.4, 0.5) is 5.69 Å². The fourth-order valence-electron chi connectivity index (χ4n) is 2.97. The third kappa shape index (κ3) is 4.53. The van der Waals surface area contributed by atoms with Crippen molar-refractivity contribution < 1.29 is 21.6 Å². The number of anilines is 1. The predicted molar refractivity (Wildman–Crippen MR) is 111 cm³/mol. The van der Waals surface area contributed by atoms with Gasteiger partial charge in [0.05, 0.1) is 16.3 Å². The number of amidine groups is 1. The Balaban J connectivity index is 1.38. The number of hydrogen-bond donors (Lipinski definition) is 3. The average molecular weight is 449 g/mol. The van der Waals surface area contributed by atoms with Gasteiger partial charge in [0.25, 0.3) is 10.0 Å². The molecule has 0 unspecified atom stereocenters. The quantitative estimate of drug-likeness (QED) is 0.585. The zero-order chi connectivity index (χ0) is 21.4. The third-order valence-corrected chi connectivity index (χ3v) is 7.51. The molecular formula is C19H20N4O5S2. The highest BCUT2D eigenvalue weighted by Crippen LogP contribution is 2.24. The molecule has 9 nitrogen and oxygen atoms in total. The van der Waals surface area contributed by atoms with Crippen molar-refractivity contribution >= 4 is 37.5 Å². The van der Waals surface area contributed by atoms with E-state index in [-0.39, 0.29) is 40.5 Å². The number of nitrogens with zero attached hydrogens (tertiary/aromatic N) is 1. The lowest BCUT2D eigenvalue weighted by atomic mass is 10.2. The molecule has 11 heteroatoms. The highest BCUT2D eigenvalue weighted by atomic mass is 32.2. The van der Waals surface area contributed by atoms with Crippen molar-refractivity contribution in [2.24, 2.45) is 4.99 Å². The molecule has 4 rings (SSSR count). The van der Waals surface area contributed by atoms with E-state index < -0.39 is 20.0 Å². The Morgan fingerprint density at radius 2 is 1.90 bits per heavy atom. The van der Waals surface area contributed by atoms with Crippen LogP contribution in [0, 0.1) is 0 Å². The molecular weight excluding hydrogens is 428 g/mol. The molecule has 2 aromatic carbocycles. The molecule has 0 bridgehead atoms. The first kappa shape index (κ1) is 20.5. The van der Waals surface area contributed by atoms with Crippen molar-refractivity contribution in [1.82, 2.24) is 9.44 Å². The molecule has 0 aromatic heterocycles. The van der Waals surface area contributed by atoms with Gasteiger partial charge >= 0.3 is 0 Å². The fourth-order valence-corrected chi connectivity index (χ4v) is 5.58. The Kier molecular flexibility index (Phi) is 5.35. The molecule has 0 radical (unpaired) electrons. The van der Waals surface area contributed by atoms with Gasteiger partial charge in [-0.2, -0.15) is 0 Å². The minimum Gasteiger partial charge on any atom is -0.326 e. The van der Waals surface area contributed by atoms with Crippen molar-refractivity contribution in [2.45, 2.75) is 35.1 Å². The van der Waals surface area contributed by atoms with Crippen molar-refractivity contribution in [3.8, 4) is 0 Å². The number of sulfonamides is 2. The van der Waals surface area contributed by atoms with Crippen LogP contribution < -0.4 is 14.8 Å². The maximum Gasteiger partial charge on any atom is 0.263 e. The second kappa shape index (κ2) is 7.82. The number of carbonyl (C=O) groups is 1. The highest BCUT2D eigenvalue weighted by molar-refractivity contribution is 7.90. The summed E-state index contributed by atoms with van der Waals surface area (Å²) < 4.78 is 53.7. The maximum absolute atomic E-state index is 12.3. The zero-order valence-electron chi connectivity index (χ0n) is 15.8. The van der Waals surface area contributed by atoms with Crippen molar-refractivity contribution in [2.75, 3.05) is 11.9 Å². The van der Waals surface area contributed by atoms with Gasteiger partial charge in [0.15, 0.2) is 0 Å². The molecule has 158 valence electrons. The SMILES string of the molecule is O=C(CCN=C1NS(=O)(=O)c2ccccc21)Nc1cccc(S(=O)(=O)NC2CC2)c1. The van der Waals surface area contributed by atoms with Gasteiger partial charge in [-0.05, 0) is 43.2 Å². The van der Waals surface area contributed by atoms with E-state index in [9.17, 15) is 21.6 Å². The summed E-state index contributed by atoms with van der Waals surface area (Å²) in [4.78, 5) is 16.7. The molecule has 2 aliphatic rings. The first-order valence-corrected chi connectivity index (χ1v) is 12.3. The average Bonchev–Trinajstić information content (AvgIpc) is 3.46. The van der Waals surface area contributed by atoms with Crippen LogP contribution in [-0.2, 0) is 24.8 Å². The first-order valence-electron chi connectivity index (χ1n) is 9.33. The standard InChI is InChI=1S/C19H20N4O5S2/c24-18(10-11-20-19-16-6-1-2-7-17(16)30(27,28)23-19)21-14-4-3-5-15(12-14)29(25,26)22-13-8-9-13/h1-7,12-13,22H,8-11H2,(H,20,23)(H,21,24). The molecule has 1 aliphatic carbocycles. The number of rotatable bonds is 7. The summed E-state index contributed by atoms with van der Waals surface area (Å²) in [5, 5.41) is 2.65. The number of fused-ring (bicyclic) bond motifs is 1. The summed E-state index contributed by atoms with van der Waals surface area (Å²) in [7, 11) is -7.23. The second-order valence-corrected chi connectivity index (χ2v) is 10.4. The number of carbonyl (C=O) groups excluding carboxylic acids is 1. The van der Waals surface area contributed by atoms with Gasteiger partial charge in [0.1, 0.15) is 5.84 Å². The molecule has 1 aliphatic heterocycles. The number of hydrogen-bond acceptors (Lipinski definition) is 6. The van der Waals surface area contributed by atoms with E-state index in [1.54, 1.807) is 30.3 Å². The maximum atomic E-state index is 12.3. The Bertz CT molecular complexity index is 1240. The Morgan fingerprint density at radius 3 is 2.67 bits per heavy atom. The predicted octanol–water partition coefficient (Wildman–Crippen LogP) is 1.19. The van der Waals surface area contributed by atoms with Gasteiger partial charge in [0.2, 0.25) is 15.9 Å². The van der Waals surface area contributed by atoms with Crippen LogP contribution in [-0.4, -0.2) is 41.2 Å². The number of nitrogens with one attached hydrogen (secondary N) is 3. The Morgan fingerprint density at radius 1 is 1.13 bits per heavy atom. The molecule has 1 fully saturated rings. The zero-order valence-corrected chi connectivity index (χ0v) is 17.5. The van der Waals surface area contributed by atoms with E-state index in [4.69, 9.17) is 0 Å². The van der Waals surface area contributed by atoms with Crippen LogP contribution in [0.2, 0.25) is 0 Å². The van der Waals surface area contributed by atoms with Crippen molar-refractivity contribution in [1.29, 1.82) is 0 Å². The topological polar surface area (TPSA) is 134 Å². The summed E-state index contributed by atoms with van der Waals surface area (Å²) in [6, 6.07) is 12.5. The molecule has 0 atom stereocenters. The highest BCUT2D eigenvalue weighted by Gasteiger charge is 2.30. The smallest absolute Gasteiger partial charge is 0.263 e. The van der Waals surface area contributed by atoms with Crippen LogP contribution in [0.25, 0.3) is 0 Å². The van der Waals surface area contributed by atoms with E-state index >= 15 is 0 Å². The van der Waals surface area contributed by atoms with Gasteiger partial charge < -0.3 is 5.32 Å². The van der Waals surface area contributed by atoms with Gasteiger partial charge in [-0.3, -0.25) is 14.5 Å². The lowest BCUT2D eigenvalue weighted by Gasteiger charge is -2.09. The minimum absolute atomic E-state index is 0.00466. The molecule has 30 heavy (non-hydrogen) atoms. The Hall–Kier alpha value is -2.76. The molecule has 2 aromatic rings. The van der Waals surface area contributed by atoms with E-state index in [1.807, 2.05) is 0 Å². The van der Waals surface area contributed by atoms with E-state index in [1.165, 1.54) is 18.2 Å². The van der Waals surface area contributed by atoms with Gasteiger partial charge in [-0.15, -0.1) is 0 Å². The number of benzene rings is 2. The summed E-state index contributed by atoms with van der Waals surface area (Å²) in [6.07, 6.45) is 1.67. The van der Waals surface area contributed by atoms with E-state index in [0.29, 0.717) is 11.3 Å². The Labute approximate surface area is 174 Å². The van der Waals surface area contributed by atoms with Gasteiger partial charge in [-0.1, -0.05) is 18.2 Å². The molecule has 1 heterocycles. The largest absolute Gasteiger partial charge is 0.326 e. The second-order valence-electron chi connectivity index (χ2n) is 7.05. The van der Waals surface area contributed by atoms with Gasteiger partial charge in [0, 0.05) is 23.7 Å². The summed E-state index contributed by atoms with van der Waals surface area (Å²) in [5.74, 6) is -0.157. The summed E-state index contributed by atoms with van der Waals surface area (Å²) in [5.41, 5.74) is 0.831. The minimum atomic E-state index is -3.62. The normalized spacial score (nSPS) is 18.6. The first-order chi connectivity index (χ1) is 14.2. The number of aliphatic imine (C=N–C) groups is 1. The van der Waals surface area contributed by atoms with Crippen LogP contribution in [0.3, 0.4) is 0 Å². The third-order valence-electron chi connectivity index (χ3n) is 4.60. The lowest BCUT2D eigenvalue weighted by Crippen LogP contribution is -2.25. The molecule has 1 amide bonds. The van der Waals surface area contributed by atoms with Crippen molar-refractivity contribution in [3.63, 3.8) is 0 Å². The summed E-state index contributed by atoms with van der Waals surface area (Å²) in [6.45, 7) is 0.0687.